The van der Waals surface area contributed by atoms with Gasteiger partial charge in [-0.05, 0) is 42.7 Å². The molecule has 0 aliphatic rings. The average molecular weight is 399 g/mol. The second-order valence-electron chi connectivity index (χ2n) is 7.21. The molecule has 0 bridgehead atoms. The molecule has 1 N–H and O–H groups in total. The largest absolute Gasteiger partial charge is 0.429 e. The standard InChI is InChI=1S/C21H26N3O3P/c1-15(2)17-11-13-19(14-12-17)27-28(5,26)22-20-16(3)23(4)24(21(20)25)18-9-7-6-8-10-18/h6-15H,1-5H3,(H,22,26)/t28-/m1/s1. The van der Waals surface area contributed by atoms with Crippen LogP contribution in [-0.2, 0) is 11.6 Å². The van der Waals surface area contributed by atoms with Gasteiger partial charge < -0.3 is 4.52 Å². The molecule has 0 saturated carbocycles. The molecule has 148 valence electrons. The minimum Gasteiger partial charge on any atom is -0.429 e. The van der Waals surface area contributed by atoms with E-state index in [9.17, 15) is 9.36 Å². The summed E-state index contributed by atoms with van der Waals surface area (Å²) >= 11 is 0. The number of hydrogen-bond acceptors (Lipinski definition) is 3. The molecule has 6 nitrogen and oxygen atoms in total. The van der Waals surface area contributed by atoms with Crippen LogP contribution in [0.5, 0.6) is 5.75 Å². The summed E-state index contributed by atoms with van der Waals surface area (Å²) in [6.45, 7) is 7.50. The van der Waals surface area contributed by atoms with E-state index in [4.69, 9.17) is 4.52 Å². The molecule has 7 heteroatoms. The van der Waals surface area contributed by atoms with Crippen molar-refractivity contribution >= 4 is 13.2 Å². The lowest BCUT2D eigenvalue weighted by molar-refractivity contribution is 0.493. The van der Waals surface area contributed by atoms with Crippen LogP contribution in [0, 0.1) is 6.92 Å². The summed E-state index contributed by atoms with van der Waals surface area (Å²) in [6.07, 6.45) is 0. The lowest BCUT2D eigenvalue weighted by atomic mass is 10.0. The molecule has 0 spiro atoms. The van der Waals surface area contributed by atoms with Gasteiger partial charge in [-0.3, -0.25) is 19.1 Å². The first kappa shape index (κ1) is 20.0. The van der Waals surface area contributed by atoms with E-state index in [1.165, 1.54) is 16.9 Å². The van der Waals surface area contributed by atoms with Crippen LogP contribution in [-0.4, -0.2) is 16.0 Å². The Morgan fingerprint density at radius 1 is 1.04 bits per heavy atom. The third kappa shape index (κ3) is 4.07. The van der Waals surface area contributed by atoms with E-state index in [-0.39, 0.29) is 11.2 Å². The van der Waals surface area contributed by atoms with E-state index >= 15 is 0 Å². The van der Waals surface area contributed by atoms with Gasteiger partial charge in [0.2, 0.25) is 0 Å². The lowest BCUT2D eigenvalue weighted by Crippen LogP contribution is -2.20. The van der Waals surface area contributed by atoms with Crippen molar-refractivity contribution in [2.24, 2.45) is 7.05 Å². The minimum atomic E-state index is -3.30. The summed E-state index contributed by atoms with van der Waals surface area (Å²) in [5.41, 5.74) is 2.59. The van der Waals surface area contributed by atoms with Gasteiger partial charge in [-0.25, -0.2) is 4.68 Å². The topological polar surface area (TPSA) is 65.3 Å². The van der Waals surface area contributed by atoms with Gasteiger partial charge in [0.15, 0.2) is 0 Å². The smallest absolute Gasteiger partial charge is 0.338 e. The summed E-state index contributed by atoms with van der Waals surface area (Å²) in [5.74, 6) is 0.906. The molecule has 1 atom stereocenters. The molecular weight excluding hydrogens is 373 g/mol. The Kier molecular flexibility index (Phi) is 5.52. The van der Waals surface area contributed by atoms with Crippen molar-refractivity contribution in [1.82, 2.24) is 9.36 Å². The summed E-state index contributed by atoms with van der Waals surface area (Å²) in [4.78, 5) is 13.0. The van der Waals surface area contributed by atoms with Crippen molar-refractivity contribution in [3.63, 3.8) is 0 Å². The summed E-state index contributed by atoms with van der Waals surface area (Å²) < 4.78 is 22.0. The number of nitrogens with one attached hydrogen (secondary N) is 1. The molecule has 0 aliphatic carbocycles. The lowest BCUT2D eigenvalue weighted by Gasteiger charge is -2.17. The maximum atomic E-state index is 13.0. The Labute approximate surface area is 165 Å². The van der Waals surface area contributed by atoms with E-state index in [1.54, 1.807) is 30.8 Å². The predicted molar refractivity (Wildman–Crippen MR) is 114 cm³/mol. The van der Waals surface area contributed by atoms with E-state index in [0.717, 1.165) is 5.69 Å². The summed E-state index contributed by atoms with van der Waals surface area (Å²) in [6, 6.07) is 16.8. The second kappa shape index (κ2) is 7.72. The number of nitrogens with zero attached hydrogens (tertiary/aromatic N) is 2. The third-order valence-electron chi connectivity index (χ3n) is 4.70. The number of para-hydroxylation sites is 1. The van der Waals surface area contributed by atoms with Crippen LogP contribution >= 0.6 is 7.52 Å². The van der Waals surface area contributed by atoms with Gasteiger partial charge in [0.1, 0.15) is 11.4 Å². The van der Waals surface area contributed by atoms with Crippen molar-refractivity contribution in [1.29, 1.82) is 0 Å². The van der Waals surface area contributed by atoms with Gasteiger partial charge in [0, 0.05) is 13.7 Å². The van der Waals surface area contributed by atoms with Crippen LogP contribution in [0.2, 0.25) is 0 Å². The SMILES string of the molecule is Cc1c(N[P@](C)(=O)Oc2ccc(C(C)C)cc2)c(=O)n(-c2ccccc2)n1C. The Hall–Kier alpha value is -2.72. The fraction of sp³-hybridized carbons (Fsp3) is 0.286. The molecule has 1 heterocycles. The van der Waals surface area contributed by atoms with Crippen molar-refractivity contribution in [2.45, 2.75) is 26.7 Å². The Morgan fingerprint density at radius 3 is 2.21 bits per heavy atom. The minimum absolute atomic E-state index is 0.271. The molecule has 2 aromatic carbocycles. The van der Waals surface area contributed by atoms with Gasteiger partial charge in [-0.15, -0.1) is 0 Å². The molecular formula is C21H26N3O3P. The quantitative estimate of drug-likeness (QED) is 0.598. The maximum absolute atomic E-state index is 13.0. The molecule has 0 aliphatic heterocycles. The first-order valence-corrected chi connectivity index (χ1v) is 11.3. The van der Waals surface area contributed by atoms with Gasteiger partial charge in [-0.1, -0.05) is 44.2 Å². The highest BCUT2D eigenvalue weighted by Gasteiger charge is 2.24. The zero-order chi connectivity index (χ0) is 20.5. The van der Waals surface area contributed by atoms with E-state index in [2.05, 4.69) is 18.9 Å². The normalized spacial score (nSPS) is 13.4. The highest BCUT2D eigenvalue weighted by Crippen LogP contribution is 2.43. The number of anilines is 1. The van der Waals surface area contributed by atoms with E-state index < -0.39 is 7.52 Å². The highest BCUT2D eigenvalue weighted by molar-refractivity contribution is 7.60. The molecule has 0 amide bonds. The monoisotopic (exact) mass is 399 g/mol. The van der Waals surface area contributed by atoms with Crippen LogP contribution in [0.4, 0.5) is 5.69 Å². The molecule has 0 fully saturated rings. The van der Waals surface area contributed by atoms with Crippen LogP contribution in [0.3, 0.4) is 0 Å². The molecule has 0 radical (unpaired) electrons. The molecule has 0 saturated heterocycles. The second-order valence-corrected chi connectivity index (χ2v) is 9.31. The highest BCUT2D eigenvalue weighted by atomic mass is 31.2. The maximum Gasteiger partial charge on any atom is 0.338 e. The van der Waals surface area contributed by atoms with Crippen LogP contribution in [0.25, 0.3) is 5.69 Å². The fourth-order valence-electron chi connectivity index (χ4n) is 3.04. The molecule has 3 rings (SSSR count). The van der Waals surface area contributed by atoms with E-state index in [1.807, 2.05) is 42.5 Å². The zero-order valence-corrected chi connectivity index (χ0v) is 17.7. The first-order chi connectivity index (χ1) is 13.2. The molecule has 0 unspecified atom stereocenters. The number of aromatic nitrogens is 2. The van der Waals surface area contributed by atoms with Crippen molar-refractivity contribution < 1.29 is 9.09 Å². The molecule has 3 aromatic rings. The Bertz CT molecular complexity index is 1070. The van der Waals surface area contributed by atoms with Gasteiger partial charge >= 0.3 is 7.52 Å². The summed E-state index contributed by atoms with van der Waals surface area (Å²) in [5, 5.41) is 2.85. The first-order valence-electron chi connectivity index (χ1n) is 9.19. The number of rotatable bonds is 6. The van der Waals surface area contributed by atoms with Gasteiger partial charge in [0.25, 0.3) is 5.56 Å². The van der Waals surface area contributed by atoms with Crippen molar-refractivity contribution in [3.05, 3.63) is 76.2 Å². The fourth-order valence-corrected chi connectivity index (χ4v) is 4.27. The molecule has 28 heavy (non-hydrogen) atoms. The van der Waals surface area contributed by atoms with Crippen molar-refractivity contribution in [2.75, 3.05) is 11.8 Å². The third-order valence-corrected chi connectivity index (χ3v) is 5.88. The van der Waals surface area contributed by atoms with Crippen LogP contribution in [0.1, 0.15) is 31.0 Å². The van der Waals surface area contributed by atoms with Crippen LogP contribution in [0.15, 0.2) is 59.4 Å². The summed E-state index contributed by atoms with van der Waals surface area (Å²) in [7, 11) is -1.51. The number of benzene rings is 2. The van der Waals surface area contributed by atoms with Crippen LogP contribution < -0.4 is 15.2 Å². The number of hydrogen-bond donors (Lipinski definition) is 1. The zero-order valence-electron chi connectivity index (χ0n) is 16.8. The average Bonchev–Trinajstić information content (AvgIpc) is 2.85. The van der Waals surface area contributed by atoms with Crippen molar-refractivity contribution in [3.8, 4) is 11.4 Å². The van der Waals surface area contributed by atoms with Gasteiger partial charge in [0.05, 0.1) is 11.4 Å². The Balaban J connectivity index is 1.88. The van der Waals surface area contributed by atoms with Gasteiger partial charge in [-0.2, -0.15) is 0 Å². The molecule has 1 aromatic heterocycles. The Morgan fingerprint density at radius 2 is 1.64 bits per heavy atom. The van der Waals surface area contributed by atoms with E-state index in [0.29, 0.717) is 17.4 Å². The predicted octanol–water partition coefficient (Wildman–Crippen LogP) is 4.92.